The fourth-order valence-corrected chi connectivity index (χ4v) is 3.46. The van der Waals surface area contributed by atoms with Gasteiger partial charge < -0.3 is 14.2 Å². The summed E-state index contributed by atoms with van der Waals surface area (Å²) in [7, 11) is 0. The highest BCUT2D eigenvalue weighted by Gasteiger charge is 2.76. The van der Waals surface area contributed by atoms with Gasteiger partial charge in [0.05, 0.1) is 24.9 Å². The summed E-state index contributed by atoms with van der Waals surface area (Å²) in [5.74, 6) is 0.649. The number of hydrogen-bond donors (Lipinski definition) is 0. The van der Waals surface area contributed by atoms with Gasteiger partial charge in [-0.25, -0.2) is 0 Å². The number of ketones is 1. The molecule has 1 aliphatic carbocycles. The van der Waals surface area contributed by atoms with Crippen molar-refractivity contribution < 1.29 is 19.0 Å². The molecule has 3 aliphatic heterocycles. The van der Waals surface area contributed by atoms with Crippen LogP contribution in [-0.4, -0.2) is 30.4 Å². The molecular weight excluding hydrogens is 196 g/mol. The third-order valence-corrected chi connectivity index (χ3v) is 4.22. The van der Waals surface area contributed by atoms with E-state index in [4.69, 9.17) is 14.2 Å². The quantitative estimate of drug-likeness (QED) is 0.593. The molecule has 3 heterocycles. The Morgan fingerprint density at radius 2 is 2.47 bits per heavy atom. The molecule has 4 nitrogen and oxygen atoms in total. The lowest BCUT2D eigenvalue weighted by molar-refractivity contribution is -0.123. The van der Waals surface area contributed by atoms with Crippen molar-refractivity contribution in [3.63, 3.8) is 0 Å². The molecule has 0 bridgehead atoms. The minimum atomic E-state index is -0.189. The number of ether oxygens (including phenoxy) is 3. The Morgan fingerprint density at radius 1 is 1.60 bits per heavy atom. The first-order valence-electron chi connectivity index (χ1n) is 5.38. The average molecular weight is 208 g/mol. The van der Waals surface area contributed by atoms with Gasteiger partial charge in [0.1, 0.15) is 5.60 Å². The Hall–Kier alpha value is -0.870. The molecule has 0 amide bonds. The van der Waals surface area contributed by atoms with Crippen LogP contribution in [-0.2, 0) is 19.0 Å². The molecule has 0 aromatic rings. The van der Waals surface area contributed by atoms with Gasteiger partial charge in [-0.15, -0.1) is 0 Å². The zero-order valence-electron chi connectivity index (χ0n) is 8.43. The molecule has 1 spiro atoms. The second-order valence-corrected chi connectivity index (χ2v) is 4.87. The number of carbonyl (C=O) groups is 1. The van der Waals surface area contributed by atoms with Crippen LogP contribution in [0.2, 0.25) is 0 Å². The standard InChI is InChI=1S/C11H12O4/c1-5(12)7-3-13-10-9-6(7)2-8-11(9,15-8)4-14-10/h3,6,8-10H,2,4H2,1H3/t6-,8+,9-,10-,11+/m1/s1. The van der Waals surface area contributed by atoms with E-state index < -0.39 is 0 Å². The third kappa shape index (κ3) is 0.799. The molecule has 0 aromatic carbocycles. The number of epoxide rings is 1. The van der Waals surface area contributed by atoms with Gasteiger partial charge >= 0.3 is 0 Å². The van der Waals surface area contributed by atoms with Crippen molar-refractivity contribution in [1.82, 2.24) is 0 Å². The summed E-state index contributed by atoms with van der Waals surface area (Å²) < 4.78 is 16.7. The van der Waals surface area contributed by atoms with Gasteiger partial charge in [0.15, 0.2) is 5.78 Å². The molecule has 0 N–H and O–H groups in total. The topological polar surface area (TPSA) is 48.1 Å². The largest absolute Gasteiger partial charge is 0.472 e. The van der Waals surface area contributed by atoms with E-state index in [2.05, 4.69) is 0 Å². The van der Waals surface area contributed by atoms with Crippen molar-refractivity contribution in [1.29, 1.82) is 0 Å². The fraction of sp³-hybridized carbons (Fsp3) is 0.727. The minimum absolute atomic E-state index is 0.107. The van der Waals surface area contributed by atoms with E-state index in [0.717, 1.165) is 12.0 Å². The van der Waals surface area contributed by atoms with Crippen LogP contribution in [0.3, 0.4) is 0 Å². The van der Waals surface area contributed by atoms with Crippen molar-refractivity contribution >= 4 is 5.78 Å². The Morgan fingerprint density at radius 3 is 3.27 bits per heavy atom. The lowest BCUT2D eigenvalue weighted by atomic mass is 9.82. The van der Waals surface area contributed by atoms with Crippen LogP contribution >= 0.6 is 0 Å². The number of rotatable bonds is 1. The zero-order chi connectivity index (χ0) is 10.2. The van der Waals surface area contributed by atoms with Gasteiger partial charge in [-0.1, -0.05) is 0 Å². The van der Waals surface area contributed by atoms with Crippen LogP contribution in [0.5, 0.6) is 0 Å². The predicted molar refractivity (Wildman–Crippen MR) is 48.8 cm³/mol. The Bertz CT molecular complexity index is 388. The average Bonchev–Trinajstić information content (AvgIpc) is 2.63. The van der Waals surface area contributed by atoms with Crippen molar-refractivity contribution in [2.24, 2.45) is 11.8 Å². The summed E-state index contributed by atoms with van der Waals surface area (Å²) in [6.07, 6.45) is 2.66. The van der Waals surface area contributed by atoms with Crippen molar-refractivity contribution in [2.75, 3.05) is 6.61 Å². The highest BCUT2D eigenvalue weighted by molar-refractivity contribution is 5.93. The van der Waals surface area contributed by atoms with Gasteiger partial charge in [0, 0.05) is 11.5 Å². The maximum absolute atomic E-state index is 11.5. The van der Waals surface area contributed by atoms with Gasteiger partial charge in [0.2, 0.25) is 6.29 Å². The molecule has 80 valence electrons. The monoisotopic (exact) mass is 208 g/mol. The maximum Gasteiger partial charge on any atom is 0.205 e. The van der Waals surface area contributed by atoms with E-state index in [-0.39, 0.29) is 23.6 Å². The van der Waals surface area contributed by atoms with Crippen LogP contribution in [0.15, 0.2) is 11.8 Å². The lowest BCUT2D eigenvalue weighted by Crippen LogP contribution is -2.36. The van der Waals surface area contributed by atoms with Crippen LogP contribution < -0.4 is 0 Å². The molecule has 4 rings (SSSR count). The number of carbonyl (C=O) groups excluding carboxylic acids is 1. The summed E-state index contributed by atoms with van der Waals surface area (Å²) in [5, 5.41) is 0. The molecule has 3 fully saturated rings. The maximum atomic E-state index is 11.5. The fourth-order valence-electron chi connectivity index (χ4n) is 3.46. The molecule has 0 unspecified atom stereocenters. The summed E-state index contributed by atoms with van der Waals surface area (Å²) in [6.45, 7) is 2.23. The zero-order valence-corrected chi connectivity index (χ0v) is 8.43. The first-order chi connectivity index (χ1) is 7.22. The van der Waals surface area contributed by atoms with Crippen molar-refractivity contribution in [3.05, 3.63) is 11.8 Å². The smallest absolute Gasteiger partial charge is 0.205 e. The van der Waals surface area contributed by atoms with Gasteiger partial charge in [0.25, 0.3) is 0 Å². The molecular formula is C11H12O4. The minimum Gasteiger partial charge on any atom is -0.472 e. The second kappa shape index (κ2) is 2.28. The van der Waals surface area contributed by atoms with Crippen molar-refractivity contribution in [2.45, 2.75) is 31.3 Å². The second-order valence-electron chi connectivity index (χ2n) is 4.87. The highest BCUT2D eigenvalue weighted by atomic mass is 16.7. The number of Topliss-reactive ketones (excluding diaryl/α,β-unsaturated/α-hetero) is 1. The van der Waals surface area contributed by atoms with Crippen LogP contribution in [0, 0.1) is 11.8 Å². The molecule has 1 saturated carbocycles. The summed E-state index contributed by atoms with van der Waals surface area (Å²) in [5.41, 5.74) is 0.710. The molecule has 4 heteroatoms. The third-order valence-electron chi connectivity index (χ3n) is 4.22. The first-order valence-corrected chi connectivity index (χ1v) is 5.38. The molecule has 0 radical (unpaired) electrons. The van der Waals surface area contributed by atoms with Gasteiger partial charge in [-0.2, -0.15) is 0 Å². The Labute approximate surface area is 87.2 Å². The van der Waals surface area contributed by atoms with Crippen LogP contribution in [0.25, 0.3) is 0 Å². The summed E-state index contributed by atoms with van der Waals surface area (Å²) in [6, 6.07) is 0. The van der Waals surface area contributed by atoms with E-state index in [1.807, 2.05) is 0 Å². The Balaban J connectivity index is 1.78. The SMILES string of the molecule is CC(=O)C1=CO[C@@H]2OC[C@]34O[C@H]3C[C@H]1[C@H]24. The van der Waals surface area contributed by atoms with Crippen LogP contribution in [0.1, 0.15) is 13.3 Å². The van der Waals surface area contributed by atoms with E-state index >= 15 is 0 Å². The molecule has 2 saturated heterocycles. The molecule has 0 aromatic heterocycles. The van der Waals surface area contributed by atoms with E-state index in [0.29, 0.717) is 18.6 Å². The molecule has 15 heavy (non-hydrogen) atoms. The Kier molecular flexibility index (Phi) is 1.26. The van der Waals surface area contributed by atoms with E-state index in [1.165, 1.54) is 0 Å². The van der Waals surface area contributed by atoms with E-state index in [1.54, 1.807) is 13.2 Å². The summed E-state index contributed by atoms with van der Waals surface area (Å²) >= 11 is 0. The van der Waals surface area contributed by atoms with Gasteiger partial charge in [-0.05, 0) is 13.3 Å². The normalized spacial score (nSPS) is 54.1. The highest BCUT2D eigenvalue weighted by Crippen LogP contribution is 2.64. The van der Waals surface area contributed by atoms with Crippen molar-refractivity contribution in [3.8, 4) is 0 Å². The van der Waals surface area contributed by atoms with Gasteiger partial charge in [-0.3, -0.25) is 4.79 Å². The van der Waals surface area contributed by atoms with Crippen LogP contribution in [0.4, 0.5) is 0 Å². The molecule has 5 atom stereocenters. The molecule has 4 aliphatic rings. The summed E-state index contributed by atoms with van der Waals surface area (Å²) in [4.78, 5) is 11.5. The number of allylic oxidation sites excluding steroid dienone is 1. The first kappa shape index (κ1) is 8.30. The van der Waals surface area contributed by atoms with E-state index in [9.17, 15) is 4.79 Å². The lowest BCUT2D eigenvalue weighted by Gasteiger charge is -2.30. The predicted octanol–water partition coefficient (Wildman–Crippen LogP) is 0.619. The number of hydrogen-bond acceptors (Lipinski definition) is 4.